The van der Waals surface area contributed by atoms with E-state index in [2.05, 4.69) is 10.3 Å². The van der Waals surface area contributed by atoms with Crippen LogP contribution in [0.4, 0.5) is 18.9 Å². The van der Waals surface area contributed by atoms with Gasteiger partial charge in [0.05, 0.1) is 23.1 Å². The fraction of sp³-hybridized carbons (Fsp3) is 0.381. The fourth-order valence-corrected chi connectivity index (χ4v) is 3.56. The van der Waals surface area contributed by atoms with Crippen molar-refractivity contribution >= 4 is 17.5 Å². The topological polar surface area (TPSA) is 62.3 Å². The molecule has 1 N–H and O–H groups in total. The van der Waals surface area contributed by atoms with Crippen LogP contribution < -0.4 is 10.2 Å². The van der Waals surface area contributed by atoms with Crippen molar-refractivity contribution in [3.8, 4) is 0 Å². The Bertz CT molecular complexity index is 962. The van der Waals surface area contributed by atoms with Gasteiger partial charge >= 0.3 is 0 Å². The third-order valence-corrected chi connectivity index (χ3v) is 5.35. The third-order valence-electron chi connectivity index (χ3n) is 5.35. The van der Waals surface area contributed by atoms with E-state index in [0.29, 0.717) is 42.0 Å². The maximum absolute atomic E-state index is 13.3. The molecule has 1 aromatic heterocycles. The molecule has 0 spiro atoms. The van der Waals surface area contributed by atoms with Gasteiger partial charge in [-0.25, -0.2) is 13.2 Å². The number of rotatable bonds is 4. The number of amides is 2. The maximum atomic E-state index is 13.3. The number of halogens is 3. The average Bonchev–Trinajstić information content (AvgIpc) is 3.35. The Balaban J connectivity index is 1.49. The van der Waals surface area contributed by atoms with Crippen LogP contribution >= 0.6 is 0 Å². The SMILES string of the molecule is C[C@@H](NC(=O)c1ccc(F)cc1)c1ccc2c(n1)CCCN2C(=O)[C@@H]1CC1(F)F. The molecule has 0 saturated heterocycles. The second-order valence-electron chi connectivity index (χ2n) is 7.52. The number of carbonyl (C=O) groups excluding carboxylic acids is 2. The lowest BCUT2D eigenvalue weighted by Gasteiger charge is -2.29. The number of hydrogen-bond acceptors (Lipinski definition) is 3. The van der Waals surface area contributed by atoms with Crippen LogP contribution in [0.25, 0.3) is 0 Å². The summed E-state index contributed by atoms with van der Waals surface area (Å²) < 4.78 is 39.6. The molecule has 2 aromatic rings. The molecule has 2 amide bonds. The predicted molar refractivity (Wildman–Crippen MR) is 100 cm³/mol. The fourth-order valence-electron chi connectivity index (χ4n) is 3.56. The summed E-state index contributed by atoms with van der Waals surface area (Å²) >= 11 is 0. The zero-order chi connectivity index (χ0) is 20.8. The number of hydrogen-bond donors (Lipinski definition) is 1. The van der Waals surface area contributed by atoms with Crippen LogP contribution in [0.15, 0.2) is 36.4 Å². The smallest absolute Gasteiger partial charge is 0.260 e. The standard InChI is InChI=1S/C21H20F3N3O2/c1-12(25-19(28)13-4-6-14(22)7-5-13)16-8-9-18-17(26-16)3-2-10-27(18)20(29)15-11-21(15,23)24/h4-9,12,15H,2-3,10-11H2,1H3,(H,25,28)/t12-,15+/m1/s1. The van der Waals surface area contributed by atoms with Gasteiger partial charge in [0.1, 0.15) is 11.7 Å². The minimum atomic E-state index is -2.90. The number of aryl methyl sites for hydroxylation is 1. The van der Waals surface area contributed by atoms with Crippen LogP contribution in [0, 0.1) is 11.7 Å². The highest BCUT2D eigenvalue weighted by atomic mass is 19.3. The molecular formula is C21H20F3N3O2. The number of alkyl halides is 2. The van der Waals surface area contributed by atoms with Crippen LogP contribution in [0.3, 0.4) is 0 Å². The molecule has 0 bridgehead atoms. The Morgan fingerprint density at radius 3 is 2.55 bits per heavy atom. The van der Waals surface area contributed by atoms with Crippen molar-refractivity contribution in [1.29, 1.82) is 0 Å². The van der Waals surface area contributed by atoms with E-state index in [9.17, 15) is 22.8 Å². The summed E-state index contributed by atoms with van der Waals surface area (Å²) in [6.07, 6.45) is 0.881. The Labute approximate surface area is 165 Å². The van der Waals surface area contributed by atoms with Crippen molar-refractivity contribution in [2.45, 2.75) is 38.2 Å². The van der Waals surface area contributed by atoms with Crippen molar-refractivity contribution in [1.82, 2.24) is 10.3 Å². The lowest BCUT2D eigenvalue weighted by Crippen LogP contribution is -2.38. The lowest BCUT2D eigenvalue weighted by atomic mass is 10.0. The first-order valence-electron chi connectivity index (χ1n) is 9.52. The number of nitrogens with one attached hydrogen (secondary N) is 1. The highest BCUT2D eigenvalue weighted by Crippen LogP contribution is 2.50. The highest BCUT2D eigenvalue weighted by Gasteiger charge is 2.62. The first kappa shape index (κ1) is 19.4. The van der Waals surface area contributed by atoms with Gasteiger partial charge < -0.3 is 10.2 Å². The molecule has 8 heteroatoms. The molecule has 1 saturated carbocycles. The first-order chi connectivity index (χ1) is 13.8. The number of carbonyl (C=O) groups is 2. The van der Waals surface area contributed by atoms with Gasteiger partial charge in [0.25, 0.3) is 11.8 Å². The predicted octanol–water partition coefficient (Wildman–Crippen LogP) is 3.65. The largest absolute Gasteiger partial charge is 0.344 e. The molecule has 4 rings (SSSR count). The van der Waals surface area contributed by atoms with Gasteiger partial charge in [-0.1, -0.05) is 0 Å². The van der Waals surface area contributed by atoms with Crippen LogP contribution in [0.1, 0.15) is 47.6 Å². The van der Waals surface area contributed by atoms with E-state index >= 15 is 0 Å². The van der Waals surface area contributed by atoms with Crippen LogP contribution in [0.5, 0.6) is 0 Å². The molecule has 1 aliphatic carbocycles. The van der Waals surface area contributed by atoms with Gasteiger partial charge in [-0.2, -0.15) is 0 Å². The lowest BCUT2D eigenvalue weighted by molar-refractivity contribution is -0.121. The van der Waals surface area contributed by atoms with E-state index in [1.54, 1.807) is 19.1 Å². The van der Waals surface area contributed by atoms with Gasteiger partial charge in [0, 0.05) is 18.5 Å². The number of nitrogens with zero attached hydrogens (tertiary/aromatic N) is 2. The third kappa shape index (κ3) is 3.83. The summed E-state index contributed by atoms with van der Waals surface area (Å²) in [5.41, 5.74) is 2.15. The summed E-state index contributed by atoms with van der Waals surface area (Å²) in [4.78, 5) is 30.7. The highest BCUT2D eigenvalue weighted by molar-refractivity contribution is 5.98. The normalized spacial score (nSPS) is 20.6. The van der Waals surface area contributed by atoms with E-state index in [1.165, 1.54) is 29.2 Å². The molecule has 29 heavy (non-hydrogen) atoms. The Morgan fingerprint density at radius 1 is 1.21 bits per heavy atom. The maximum Gasteiger partial charge on any atom is 0.260 e. The minimum Gasteiger partial charge on any atom is -0.344 e. The molecule has 0 unspecified atom stereocenters. The summed E-state index contributed by atoms with van der Waals surface area (Å²) in [5.74, 6) is -5.47. The van der Waals surface area contributed by atoms with E-state index in [1.807, 2.05) is 0 Å². The van der Waals surface area contributed by atoms with Crippen molar-refractivity contribution in [3.63, 3.8) is 0 Å². The molecule has 5 nitrogen and oxygen atoms in total. The van der Waals surface area contributed by atoms with Crippen LogP contribution in [0.2, 0.25) is 0 Å². The molecule has 2 aliphatic rings. The molecule has 1 aliphatic heterocycles. The zero-order valence-electron chi connectivity index (χ0n) is 15.8. The van der Waals surface area contributed by atoms with Crippen molar-refractivity contribution in [3.05, 3.63) is 59.2 Å². The monoisotopic (exact) mass is 403 g/mol. The summed E-state index contributed by atoms with van der Waals surface area (Å²) in [7, 11) is 0. The summed E-state index contributed by atoms with van der Waals surface area (Å²) in [6, 6.07) is 8.19. The van der Waals surface area contributed by atoms with Crippen LogP contribution in [-0.4, -0.2) is 29.3 Å². The molecule has 1 aromatic carbocycles. The van der Waals surface area contributed by atoms with Gasteiger partial charge in [0.2, 0.25) is 5.91 Å². The number of benzene rings is 1. The molecular weight excluding hydrogens is 383 g/mol. The second-order valence-corrected chi connectivity index (χ2v) is 7.52. The van der Waals surface area contributed by atoms with Crippen molar-refractivity contribution in [2.75, 3.05) is 11.4 Å². The molecule has 1 fully saturated rings. The van der Waals surface area contributed by atoms with Crippen molar-refractivity contribution < 1.29 is 22.8 Å². The van der Waals surface area contributed by atoms with Crippen molar-refractivity contribution in [2.24, 2.45) is 5.92 Å². The van der Waals surface area contributed by atoms with E-state index in [0.717, 1.165) is 0 Å². The Hall–Kier alpha value is -2.90. The summed E-state index contributed by atoms with van der Waals surface area (Å²) in [6.45, 7) is 2.17. The molecule has 2 atom stereocenters. The number of aromatic nitrogens is 1. The minimum absolute atomic E-state index is 0.332. The van der Waals surface area contributed by atoms with Gasteiger partial charge in [0.15, 0.2) is 0 Å². The van der Waals surface area contributed by atoms with Gasteiger partial charge in [-0.05, 0) is 56.2 Å². The van der Waals surface area contributed by atoms with Crippen LogP contribution in [-0.2, 0) is 11.2 Å². The van der Waals surface area contributed by atoms with Gasteiger partial charge in [-0.3, -0.25) is 14.6 Å². The quantitative estimate of drug-likeness (QED) is 0.848. The molecule has 152 valence electrons. The Morgan fingerprint density at radius 2 is 1.90 bits per heavy atom. The van der Waals surface area contributed by atoms with Gasteiger partial charge in [-0.15, -0.1) is 0 Å². The van der Waals surface area contributed by atoms with E-state index < -0.39 is 36.0 Å². The number of anilines is 1. The summed E-state index contributed by atoms with van der Waals surface area (Å²) in [5, 5.41) is 2.81. The first-order valence-corrected chi connectivity index (χ1v) is 9.52. The molecule has 0 radical (unpaired) electrons. The van der Waals surface area contributed by atoms with E-state index in [4.69, 9.17) is 0 Å². The number of pyridine rings is 1. The average molecular weight is 403 g/mol. The molecule has 2 heterocycles. The second kappa shape index (κ2) is 7.17. The Kier molecular flexibility index (Phi) is 4.80. The number of fused-ring (bicyclic) bond motifs is 1. The zero-order valence-corrected chi connectivity index (χ0v) is 15.8. The van der Waals surface area contributed by atoms with E-state index in [-0.39, 0.29) is 5.91 Å².